The van der Waals surface area contributed by atoms with E-state index in [1.54, 1.807) is 7.05 Å². The number of hydrogen-bond donors (Lipinski definition) is 2. The topological polar surface area (TPSA) is 85.6 Å². The highest BCUT2D eigenvalue weighted by Crippen LogP contribution is 2.15. The second kappa shape index (κ2) is 13.3. The molecule has 0 radical (unpaired) electrons. The van der Waals surface area contributed by atoms with Crippen molar-refractivity contribution in [2.45, 2.75) is 64.0 Å². The van der Waals surface area contributed by atoms with Gasteiger partial charge >= 0.3 is 0 Å². The van der Waals surface area contributed by atoms with Gasteiger partial charge in [-0.15, -0.1) is 34.2 Å². The quantitative estimate of drug-likeness (QED) is 0.231. The van der Waals surface area contributed by atoms with Gasteiger partial charge < -0.3 is 24.7 Å². The molecule has 1 aromatic heterocycles. The van der Waals surface area contributed by atoms with E-state index in [4.69, 9.17) is 9.47 Å². The number of nitrogens with zero attached hydrogens (tertiary/aromatic N) is 4. The van der Waals surface area contributed by atoms with E-state index < -0.39 is 0 Å². The van der Waals surface area contributed by atoms with Crippen LogP contribution in [-0.4, -0.2) is 66.8 Å². The van der Waals surface area contributed by atoms with E-state index in [0.717, 1.165) is 83.3 Å². The summed E-state index contributed by atoms with van der Waals surface area (Å²) in [6.07, 6.45) is 9.08. The molecule has 2 aliphatic rings. The summed E-state index contributed by atoms with van der Waals surface area (Å²) < 4.78 is 13.4. The molecule has 1 aromatic rings. The molecule has 8 nitrogen and oxygen atoms in total. The van der Waals surface area contributed by atoms with Crippen LogP contribution in [-0.2, 0) is 28.9 Å². The maximum absolute atomic E-state index is 5.77. The lowest BCUT2D eigenvalue weighted by molar-refractivity contribution is 0.0420. The third-order valence-electron chi connectivity index (χ3n) is 5.13. The fraction of sp³-hybridized carbons (Fsp3) is 0.842. The number of halogens is 1. The van der Waals surface area contributed by atoms with E-state index in [9.17, 15) is 0 Å². The number of hydrogen-bond acceptors (Lipinski definition) is 5. The average molecular weight is 506 g/mol. The lowest BCUT2D eigenvalue weighted by Crippen LogP contribution is -2.38. The first-order valence-corrected chi connectivity index (χ1v) is 10.4. The minimum Gasteiger partial charge on any atom is -0.379 e. The molecule has 2 N–H and O–H groups in total. The SMILES string of the molecule is CN=C(NCCCOC1CCOC1)NCCCc1nnc2n1CCCCC2.I. The molecule has 1 fully saturated rings. The molecule has 160 valence electrons. The molecule has 0 amide bonds. The minimum atomic E-state index is 0. The summed E-state index contributed by atoms with van der Waals surface area (Å²) in [6.45, 7) is 5.13. The molecule has 1 unspecified atom stereocenters. The summed E-state index contributed by atoms with van der Waals surface area (Å²) in [6, 6.07) is 0. The van der Waals surface area contributed by atoms with Gasteiger partial charge in [-0.25, -0.2) is 0 Å². The van der Waals surface area contributed by atoms with E-state index in [1.165, 1.54) is 25.1 Å². The lowest BCUT2D eigenvalue weighted by Gasteiger charge is -2.13. The highest BCUT2D eigenvalue weighted by Gasteiger charge is 2.15. The largest absolute Gasteiger partial charge is 0.379 e. The molecule has 9 heteroatoms. The Labute approximate surface area is 185 Å². The standard InChI is InChI=1S/C19H34N6O2.HI/c1-20-19(22-11-6-13-27-16-9-14-26-15-16)21-10-5-8-18-24-23-17-7-3-2-4-12-25(17)18;/h16H,2-15H2,1H3,(H2,20,21,22);1H. The molecule has 0 spiro atoms. The Kier molecular flexibility index (Phi) is 11.1. The number of rotatable bonds is 9. The molecule has 0 aliphatic carbocycles. The van der Waals surface area contributed by atoms with Gasteiger partial charge in [0.1, 0.15) is 11.6 Å². The van der Waals surface area contributed by atoms with Crippen molar-refractivity contribution in [2.24, 2.45) is 4.99 Å². The fourth-order valence-corrected chi connectivity index (χ4v) is 3.58. The van der Waals surface area contributed by atoms with Crippen molar-refractivity contribution >= 4 is 29.9 Å². The van der Waals surface area contributed by atoms with Crippen LogP contribution < -0.4 is 10.6 Å². The van der Waals surface area contributed by atoms with Crippen LogP contribution in [0.3, 0.4) is 0 Å². The van der Waals surface area contributed by atoms with E-state index >= 15 is 0 Å². The number of guanidine groups is 1. The van der Waals surface area contributed by atoms with E-state index in [0.29, 0.717) is 0 Å². The Morgan fingerprint density at radius 2 is 2.07 bits per heavy atom. The van der Waals surface area contributed by atoms with Crippen LogP contribution in [0.25, 0.3) is 0 Å². The third kappa shape index (κ3) is 7.47. The predicted molar refractivity (Wildman–Crippen MR) is 120 cm³/mol. The lowest BCUT2D eigenvalue weighted by atomic mass is 10.2. The number of aryl methyl sites for hydroxylation is 2. The van der Waals surface area contributed by atoms with Gasteiger partial charge in [-0.1, -0.05) is 6.42 Å². The predicted octanol–water partition coefficient (Wildman–Crippen LogP) is 1.92. The van der Waals surface area contributed by atoms with Gasteiger partial charge in [-0.2, -0.15) is 0 Å². The van der Waals surface area contributed by atoms with Crippen molar-refractivity contribution in [2.75, 3.05) is 40.0 Å². The molecule has 0 saturated carbocycles. The molecular formula is C19H35IN6O2. The second-order valence-corrected chi connectivity index (χ2v) is 7.23. The molecule has 0 aromatic carbocycles. The van der Waals surface area contributed by atoms with Crippen LogP contribution in [0.5, 0.6) is 0 Å². The fourth-order valence-electron chi connectivity index (χ4n) is 3.58. The van der Waals surface area contributed by atoms with Crippen molar-refractivity contribution in [3.05, 3.63) is 11.6 Å². The van der Waals surface area contributed by atoms with Crippen molar-refractivity contribution < 1.29 is 9.47 Å². The Balaban J connectivity index is 0.00000280. The van der Waals surface area contributed by atoms with Crippen LogP contribution >= 0.6 is 24.0 Å². The summed E-state index contributed by atoms with van der Waals surface area (Å²) >= 11 is 0. The second-order valence-electron chi connectivity index (χ2n) is 7.23. The van der Waals surface area contributed by atoms with Gasteiger partial charge in [-0.05, 0) is 32.1 Å². The van der Waals surface area contributed by atoms with Crippen LogP contribution in [0, 0.1) is 0 Å². The maximum Gasteiger partial charge on any atom is 0.190 e. The summed E-state index contributed by atoms with van der Waals surface area (Å²) in [5, 5.41) is 15.5. The normalized spacial score (nSPS) is 19.6. The van der Waals surface area contributed by atoms with Crippen LogP contribution in [0.1, 0.15) is 50.2 Å². The van der Waals surface area contributed by atoms with E-state index in [2.05, 4.69) is 30.4 Å². The monoisotopic (exact) mass is 506 g/mol. The molecule has 1 saturated heterocycles. The van der Waals surface area contributed by atoms with Gasteiger partial charge in [0.05, 0.1) is 12.7 Å². The molecule has 3 rings (SSSR count). The van der Waals surface area contributed by atoms with Crippen LogP contribution in [0.15, 0.2) is 4.99 Å². The molecule has 1 atom stereocenters. The highest BCUT2D eigenvalue weighted by atomic mass is 127. The molecule has 3 heterocycles. The number of fused-ring (bicyclic) bond motifs is 1. The summed E-state index contributed by atoms with van der Waals surface area (Å²) in [4.78, 5) is 4.28. The van der Waals surface area contributed by atoms with Crippen LogP contribution in [0.2, 0.25) is 0 Å². The van der Waals surface area contributed by atoms with Crippen molar-refractivity contribution in [3.8, 4) is 0 Å². The zero-order valence-electron chi connectivity index (χ0n) is 17.0. The zero-order valence-corrected chi connectivity index (χ0v) is 19.3. The van der Waals surface area contributed by atoms with Crippen molar-refractivity contribution in [1.29, 1.82) is 0 Å². The number of nitrogens with one attached hydrogen (secondary N) is 2. The summed E-state index contributed by atoms with van der Waals surface area (Å²) in [5.74, 6) is 3.14. The zero-order chi connectivity index (χ0) is 18.7. The first-order chi connectivity index (χ1) is 13.4. The number of aliphatic imine (C=N–C) groups is 1. The van der Waals surface area contributed by atoms with Gasteiger partial charge in [0.25, 0.3) is 0 Å². The average Bonchev–Trinajstić information content (AvgIpc) is 3.27. The van der Waals surface area contributed by atoms with Gasteiger partial charge in [-0.3, -0.25) is 4.99 Å². The van der Waals surface area contributed by atoms with Crippen molar-refractivity contribution in [1.82, 2.24) is 25.4 Å². The molecule has 0 bridgehead atoms. The summed E-state index contributed by atoms with van der Waals surface area (Å²) in [7, 11) is 1.81. The van der Waals surface area contributed by atoms with Crippen molar-refractivity contribution in [3.63, 3.8) is 0 Å². The Morgan fingerprint density at radius 3 is 2.86 bits per heavy atom. The Hall–Kier alpha value is -0.940. The molecular weight excluding hydrogens is 471 g/mol. The highest BCUT2D eigenvalue weighted by molar-refractivity contribution is 14.0. The van der Waals surface area contributed by atoms with Gasteiger partial charge in [0, 0.05) is 52.7 Å². The van der Waals surface area contributed by atoms with E-state index in [-0.39, 0.29) is 30.1 Å². The molecule has 2 aliphatic heterocycles. The Morgan fingerprint density at radius 1 is 1.21 bits per heavy atom. The van der Waals surface area contributed by atoms with Gasteiger partial charge in [0.2, 0.25) is 0 Å². The summed E-state index contributed by atoms with van der Waals surface area (Å²) in [5.41, 5.74) is 0. The van der Waals surface area contributed by atoms with Crippen LogP contribution in [0.4, 0.5) is 0 Å². The number of ether oxygens (including phenoxy) is 2. The third-order valence-corrected chi connectivity index (χ3v) is 5.13. The maximum atomic E-state index is 5.77. The minimum absolute atomic E-state index is 0. The van der Waals surface area contributed by atoms with Gasteiger partial charge in [0.15, 0.2) is 5.96 Å². The number of aromatic nitrogens is 3. The van der Waals surface area contributed by atoms with E-state index in [1.807, 2.05) is 0 Å². The first-order valence-electron chi connectivity index (χ1n) is 10.4. The molecule has 28 heavy (non-hydrogen) atoms. The first kappa shape index (κ1) is 23.3. The smallest absolute Gasteiger partial charge is 0.190 e. The Bertz CT molecular complexity index is 589.